The number of carbonyl (C=O) groups is 1. The highest BCUT2D eigenvalue weighted by Gasteiger charge is 2.42. The third-order valence-corrected chi connectivity index (χ3v) is 4.66. The Balaban J connectivity index is 1.71. The highest BCUT2D eigenvalue weighted by atomic mass is 16.4. The summed E-state index contributed by atoms with van der Waals surface area (Å²) in [6.07, 6.45) is 5.42. The van der Waals surface area contributed by atoms with Crippen LogP contribution in [-0.2, 0) is 0 Å². The number of aromatic amines is 1. The van der Waals surface area contributed by atoms with Gasteiger partial charge in [0.25, 0.3) is 0 Å². The largest absolute Gasteiger partial charge is 0.465 e. The predicted octanol–water partition coefficient (Wildman–Crippen LogP) is 1.68. The summed E-state index contributed by atoms with van der Waals surface area (Å²) < 4.78 is 0. The molecule has 2 aliphatic rings. The molecule has 4 heterocycles. The molecule has 21 heavy (non-hydrogen) atoms. The van der Waals surface area contributed by atoms with Gasteiger partial charge in [0.1, 0.15) is 17.8 Å². The molecule has 0 saturated carbocycles. The fourth-order valence-corrected chi connectivity index (χ4v) is 3.77. The minimum atomic E-state index is -0.805. The Kier molecular flexibility index (Phi) is 2.73. The average molecular weight is 287 g/mol. The highest BCUT2D eigenvalue weighted by molar-refractivity contribution is 5.87. The van der Waals surface area contributed by atoms with E-state index in [0.717, 1.165) is 42.7 Å². The Morgan fingerprint density at radius 3 is 3.05 bits per heavy atom. The van der Waals surface area contributed by atoms with E-state index in [4.69, 9.17) is 0 Å². The van der Waals surface area contributed by atoms with Crippen molar-refractivity contribution in [2.45, 2.75) is 31.3 Å². The van der Waals surface area contributed by atoms with Gasteiger partial charge in [-0.25, -0.2) is 14.8 Å². The van der Waals surface area contributed by atoms with E-state index in [-0.39, 0.29) is 12.1 Å². The second kappa shape index (κ2) is 4.61. The molecule has 7 nitrogen and oxygen atoms in total. The summed E-state index contributed by atoms with van der Waals surface area (Å²) in [5.74, 6) is 0.918. The minimum Gasteiger partial charge on any atom is -0.465 e. The van der Waals surface area contributed by atoms with Crippen LogP contribution in [0.5, 0.6) is 0 Å². The molecule has 0 bridgehead atoms. The first-order valence-electron chi connectivity index (χ1n) is 7.30. The lowest BCUT2D eigenvalue weighted by atomic mass is 9.97. The van der Waals surface area contributed by atoms with Crippen molar-refractivity contribution in [1.82, 2.24) is 19.9 Å². The van der Waals surface area contributed by atoms with Gasteiger partial charge in [-0.3, -0.25) is 0 Å². The monoisotopic (exact) mass is 287 g/mol. The standard InChI is InChI=1S/C14H17N5O2/c20-14(21)19-6-1-2-10-11(19)4-7-18(10)13-9-3-5-15-12(9)16-8-17-13/h3,5,8,10-11H,1-2,4,6-7H2,(H,20,21)(H,15,16,17). The van der Waals surface area contributed by atoms with Crippen LogP contribution in [0.25, 0.3) is 11.0 Å². The summed E-state index contributed by atoms with van der Waals surface area (Å²) in [6, 6.07) is 2.29. The summed E-state index contributed by atoms with van der Waals surface area (Å²) in [7, 11) is 0. The second-order valence-corrected chi connectivity index (χ2v) is 5.67. The van der Waals surface area contributed by atoms with Crippen molar-refractivity contribution in [1.29, 1.82) is 0 Å². The fraction of sp³-hybridized carbons (Fsp3) is 0.500. The molecule has 2 N–H and O–H groups in total. The lowest BCUT2D eigenvalue weighted by Crippen LogP contribution is -2.51. The molecule has 0 aliphatic carbocycles. The molecule has 2 aliphatic heterocycles. The van der Waals surface area contributed by atoms with E-state index < -0.39 is 6.09 Å². The maximum atomic E-state index is 11.4. The van der Waals surface area contributed by atoms with Gasteiger partial charge < -0.3 is 19.9 Å². The van der Waals surface area contributed by atoms with Gasteiger partial charge in [0.05, 0.1) is 17.5 Å². The van der Waals surface area contributed by atoms with Gasteiger partial charge in [-0.15, -0.1) is 0 Å². The molecule has 1 amide bonds. The first-order chi connectivity index (χ1) is 10.3. The third kappa shape index (κ3) is 1.84. The van der Waals surface area contributed by atoms with Crippen molar-refractivity contribution >= 4 is 22.9 Å². The number of hydrogen-bond donors (Lipinski definition) is 2. The van der Waals surface area contributed by atoms with Crippen LogP contribution in [0.15, 0.2) is 18.6 Å². The van der Waals surface area contributed by atoms with E-state index in [2.05, 4.69) is 19.9 Å². The van der Waals surface area contributed by atoms with Crippen molar-refractivity contribution in [3.63, 3.8) is 0 Å². The molecule has 7 heteroatoms. The van der Waals surface area contributed by atoms with Crippen LogP contribution in [0.2, 0.25) is 0 Å². The number of nitrogens with one attached hydrogen (secondary N) is 1. The molecule has 2 atom stereocenters. The Labute approximate surface area is 121 Å². The molecule has 110 valence electrons. The van der Waals surface area contributed by atoms with Gasteiger partial charge in [-0.1, -0.05) is 0 Å². The summed E-state index contributed by atoms with van der Waals surface area (Å²) in [5, 5.41) is 10.4. The summed E-state index contributed by atoms with van der Waals surface area (Å²) in [6.45, 7) is 1.49. The third-order valence-electron chi connectivity index (χ3n) is 4.66. The normalized spacial score (nSPS) is 25.3. The number of piperidine rings is 1. The maximum Gasteiger partial charge on any atom is 0.407 e. The zero-order chi connectivity index (χ0) is 14.4. The number of rotatable bonds is 1. The number of likely N-dealkylation sites (tertiary alicyclic amines) is 1. The van der Waals surface area contributed by atoms with Crippen molar-refractivity contribution < 1.29 is 9.90 Å². The predicted molar refractivity (Wildman–Crippen MR) is 77.4 cm³/mol. The number of H-pyrrole nitrogens is 1. The molecule has 2 saturated heterocycles. The minimum absolute atomic E-state index is 0.0835. The number of carboxylic acid groups (broad SMARTS) is 1. The lowest BCUT2D eigenvalue weighted by molar-refractivity contribution is 0.105. The zero-order valence-corrected chi connectivity index (χ0v) is 11.6. The number of anilines is 1. The van der Waals surface area contributed by atoms with Crippen LogP contribution < -0.4 is 4.90 Å². The van der Waals surface area contributed by atoms with Gasteiger partial charge >= 0.3 is 6.09 Å². The quantitative estimate of drug-likeness (QED) is 0.833. The molecular weight excluding hydrogens is 270 g/mol. The van der Waals surface area contributed by atoms with Crippen LogP contribution in [0, 0.1) is 0 Å². The van der Waals surface area contributed by atoms with Gasteiger partial charge in [-0.05, 0) is 25.3 Å². The van der Waals surface area contributed by atoms with Crippen molar-refractivity contribution in [2.24, 2.45) is 0 Å². The maximum absolute atomic E-state index is 11.4. The number of hydrogen-bond acceptors (Lipinski definition) is 4. The van der Waals surface area contributed by atoms with E-state index in [9.17, 15) is 9.90 Å². The Morgan fingerprint density at radius 1 is 1.29 bits per heavy atom. The van der Waals surface area contributed by atoms with Crippen LogP contribution in [0.1, 0.15) is 19.3 Å². The van der Waals surface area contributed by atoms with Crippen LogP contribution in [0.3, 0.4) is 0 Å². The summed E-state index contributed by atoms with van der Waals surface area (Å²) >= 11 is 0. The molecule has 2 aromatic rings. The Bertz CT molecular complexity index is 685. The van der Waals surface area contributed by atoms with E-state index in [0.29, 0.717) is 6.54 Å². The van der Waals surface area contributed by atoms with E-state index in [1.54, 1.807) is 11.2 Å². The van der Waals surface area contributed by atoms with Crippen LogP contribution >= 0.6 is 0 Å². The number of aromatic nitrogens is 3. The topological polar surface area (TPSA) is 85.3 Å². The second-order valence-electron chi connectivity index (χ2n) is 5.67. The van der Waals surface area contributed by atoms with Gasteiger partial charge in [0, 0.05) is 19.3 Å². The number of amides is 1. The molecule has 0 spiro atoms. The summed E-state index contributed by atoms with van der Waals surface area (Å²) in [4.78, 5) is 27.0. The molecule has 4 rings (SSSR count). The fourth-order valence-electron chi connectivity index (χ4n) is 3.77. The van der Waals surface area contributed by atoms with Crippen molar-refractivity contribution in [3.8, 4) is 0 Å². The molecule has 2 fully saturated rings. The first-order valence-corrected chi connectivity index (χ1v) is 7.30. The van der Waals surface area contributed by atoms with E-state index >= 15 is 0 Å². The van der Waals surface area contributed by atoms with Crippen molar-refractivity contribution in [2.75, 3.05) is 18.0 Å². The van der Waals surface area contributed by atoms with Crippen molar-refractivity contribution in [3.05, 3.63) is 18.6 Å². The van der Waals surface area contributed by atoms with E-state index in [1.165, 1.54) is 0 Å². The van der Waals surface area contributed by atoms with Gasteiger partial charge in [-0.2, -0.15) is 0 Å². The first kappa shape index (κ1) is 12.4. The molecular formula is C14H17N5O2. The van der Waals surface area contributed by atoms with Crippen LogP contribution in [0.4, 0.5) is 10.6 Å². The van der Waals surface area contributed by atoms with Crippen LogP contribution in [-0.4, -0.2) is 56.2 Å². The molecule has 0 radical (unpaired) electrons. The number of nitrogens with zero attached hydrogens (tertiary/aromatic N) is 4. The lowest BCUT2D eigenvalue weighted by Gasteiger charge is -2.38. The Morgan fingerprint density at radius 2 is 2.19 bits per heavy atom. The Hall–Kier alpha value is -2.31. The smallest absolute Gasteiger partial charge is 0.407 e. The SMILES string of the molecule is O=C(O)N1CCCC2C1CCN2c1ncnc2[nH]ccc12. The zero-order valence-electron chi connectivity index (χ0n) is 11.6. The molecule has 2 unspecified atom stereocenters. The molecule has 0 aromatic carbocycles. The summed E-state index contributed by atoms with van der Waals surface area (Å²) in [5.41, 5.74) is 0.828. The highest BCUT2D eigenvalue weighted by Crippen LogP contribution is 2.35. The van der Waals surface area contributed by atoms with Gasteiger partial charge in [0.15, 0.2) is 0 Å². The molecule has 2 aromatic heterocycles. The van der Waals surface area contributed by atoms with Gasteiger partial charge in [0.2, 0.25) is 0 Å². The number of fused-ring (bicyclic) bond motifs is 2. The average Bonchev–Trinajstić information content (AvgIpc) is 3.12. The van der Waals surface area contributed by atoms with E-state index in [1.807, 2.05) is 12.3 Å².